The zero-order valence-electron chi connectivity index (χ0n) is 17.9. The smallest absolute Gasteiger partial charge is 0.232 e. The Labute approximate surface area is 183 Å². The summed E-state index contributed by atoms with van der Waals surface area (Å²) in [5.74, 6) is 0.634. The quantitative estimate of drug-likeness (QED) is 0.485. The van der Waals surface area contributed by atoms with Crippen LogP contribution in [-0.2, 0) is 14.8 Å². The van der Waals surface area contributed by atoms with E-state index in [1.165, 1.54) is 10.6 Å². The van der Waals surface area contributed by atoms with E-state index >= 15 is 0 Å². The van der Waals surface area contributed by atoms with Gasteiger partial charge in [-0.1, -0.05) is 48.0 Å². The number of anilines is 1. The molecule has 3 aromatic rings. The van der Waals surface area contributed by atoms with Gasteiger partial charge in [0.15, 0.2) is 0 Å². The first-order chi connectivity index (χ1) is 14.8. The zero-order chi connectivity index (χ0) is 22.3. The lowest BCUT2D eigenvalue weighted by atomic mass is 10.1. The van der Waals surface area contributed by atoms with E-state index in [9.17, 15) is 13.2 Å². The third-order valence-electron chi connectivity index (χ3n) is 4.90. The van der Waals surface area contributed by atoms with Gasteiger partial charge in [-0.25, -0.2) is 8.42 Å². The van der Waals surface area contributed by atoms with Crippen LogP contribution in [0.25, 0.3) is 10.8 Å². The fourth-order valence-corrected chi connectivity index (χ4v) is 4.25. The number of hydrogen-bond acceptors (Lipinski definition) is 4. The Hall–Kier alpha value is -3.06. The highest BCUT2D eigenvalue weighted by Gasteiger charge is 2.17. The predicted octanol–water partition coefficient (Wildman–Crippen LogP) is 3.89. The van der Waals surface area contributed by atoms with Crippen LogP contribution in [0.2, 0.25) is 0 Å². The molecule has 0 atom stereocenters. The van der Waals surface area contributed by atoms with Crippen LogP contribution in [0, 0.1) is 6.92 Å². The van der Waals surface area contributed by atoms with Gasteiger partial charge < -0.3 is 10.1 Å². The SMILES string of the molecule is Cc1ccc(N(CCCC(=O)NCCOc2ccc3ccccc3c2)S(C)(=O)=O)cc1. The second kappa shape index (κ2) is 10.3. The molecule has 0 bridgehead atoms. The number of nitrogens with zero attached hydrogens (tertiary/aromatic N) is 1. The van der Waals surface area contributed by atoms with Gasteiger partial charge >= 0.3 is 0 Å². The molecule has 6 nitrogen and oxygen atoms in total. The molecule has 0 aliphatic heterocycles. The molecule has 0 aliphatic carbocycles. The Morgan fingerprint density at radius 2 is 1.71 bits per heavy atom. The Morgan fingerprint density at radius 1 is 1.00 bits per heavy atom. The van der Waals surface area contributed by atoms with Gasteiger partial charge in [-0.3, -0.25) is 9.10 Å². The van der Waals surface area contributed by atoms with Crippen LogP contribution in [0.3, 0.4) is 0 Å². The highest BCUT2D eigenvalue weighted by molar-refractivity contribution is 7.92. The van der Waals surface area contributed by atoms with Gasteiger partial charge in [-0.15, -0.1) is 0 Å². The Balaban J connectivity index is 1.41. The van der Waals surface area contributed by atoms with Crippen molar-refractivity contribution in [3.8, 4) is 5.75 Å². The number of aryl methyl sites for hydroxylation is 1. The fourth-order valence-electron chi connectivity index (χ4n) is 3.29. The van der Waals surface area contributed by atoms with E-state index in [0.29, 0.717) is 25.3 Å². The molecule has 0 fully saturated rings. The molecule has 0 radical (unpaired) electrons. The molecule has 0 heterocycles. The van der Waals surface area contributed by atoms with Gasteiger partial charge in [0, 0.05) is 13.0 Å². The molecular formula is C24H28N2O4S. The van der Waals surface area contributed by atoms with Crippen molar-refractivity contribution in [2.24, 2.45) is 0 Å². The van der Waals surface area contributed by atoms with Gasteiger partial charge in [0.2, 0.25) is 15.9 Å². The van der Waals surface area contributed by atoms with Crippen molar-refractivity contribution >= 4 is 32.4 Å². The lowest BCUT2D eigenvalue weighted by Crippen LogP contribution is -2.32. The molecule has 3 rings (SSSR count). The highest BCUT2D eigenvalue weighted by Crippen LogP contribution is 2.20. The van der Waals surface area contributed by atoms with Crippen molar-refractivity contribution in [3.05, 3.63) is 72.3 Å². The summed E-state index contributed by atoms with van der Waals surface area (Å²) < 4.78 is 31.3. The number of amides is 1. The average molecular weight is 441 g/mol. The van der Waals surface area contributed by atoms with Gasteiger partial charge in [-0.2, -0.15) is 0 Å². The summed E-state index contributed by atoms with van der Waals surface area (Å²) in [6.45, 7) is 2.95. The van der Waals surface area contributed by atoms with Gasteiger partial charge in [0.1, 0.15) is 12.4 Å². The third kappa shape index (κ3) is 6.72. The Bertz CT molecular complexity index is 1130. The number of rotatable bonds is 10. The van der Waals surface area contributed by atoms with Gasteiger partial charge in [-0.05, 0) is 48.4 Å². The Kier molecular flexibility index (Phi) is 7.52. The lowest BCUT2D eigenvalue weighted by Gasteiger charge is -2.22. The second-order valence-electron chi connectivity index (χ2n) is 7.48. The largest absolute Gasteiger partial charge is 0.492 e. The van der Waals surface area contributed by atoms with Crippen LogP contribution in [0.1, 0.15) is 18.4 Å². The summed E-state index contributed by atoms with van der Waals surface area (Å²) in [6.07, 6.45) is 1.85. The number of fused-ring (bicyclic) bond motifs is 1. The first-order valence-corrected chi connectivity index (χ1v) is 12.1. The molecular weight excluding hydrogens is 412 g/mol. The molecule has 164 valence electrons. The van der Waals surface area contributed by atoms with Gasteiger partial charge in [0.25, 0.3) is 0 Å². The van der Waals surface area contributed by atoms with Crippen molar-refractivity contribution in [2.45, 2.75) is 19.8 Å². The van der Waals surface area contributed by atoms with Crippen molar-refractivity contribution in [1.82, 2.24) is 5.32 Å². The average Bonchev–Trinajstić information content (AvgIpc) is 2.74. The molecule has 3 aromatic carbocycles. The summed E-state index contributed by atoms with van der Waals surface area (Å²) >= 11 is 0. The first kappa shape index (κ1) is 22.6. The molecule has 0 unspecified atom stereocenters. The molecule has 1 N–H and O–H groups in total. The molecule has 1 amide bonds. The minimum absolute atomic E-state index is 0.125. The fraction of sp³-hybridized carbons (Fsp3) is 0.292. The summed E-state index contributed by atoms with van der Waals surface area (Å²) in [6, 6.07) is 21.2. The van der Waals surface area contributed by atoms with E-state index in [-0.39, 0.29) is 18.9 Å². The minimum atomic E-state index is -3.41. The van der Waals surface area contributed by atoms with Gasteiger partial charge in [0.05, 0.1) is 18.5 Å². The van der Waals surface area contributed by atoms with Crippen molar-refractivity contribution in [2.75, 3.05) is 30.3 Å². The first-order valence-electron chi connectivity index (χ1n) is 10.3. The number of benzene rings is 3. The van der Waals surface area contributed by atoms with Crippen LogP contribution >= 0.6 is 0 Å². The second-order valence-corrected chi connectivity index (χ2v) is 9.39. The predicted molar refractivity (Wildman–Crippen MR) is 125 cm³/mol. The third-order valence-corrected chi connectivity index (χ3v) is 6.10. The monoisotopic (exact) mass is 440 g/mol. The van der Waals surface area contributed by atoms with Crippen LogP contribution in [0.15, 0.2) is 66.7 Å². The normalized spacial score (nSPS) is 11.3. The molecule has 31 heavy (non-hydrogen) atoms. The summed E-state index contributed by atoms with van der Waals surface area (Å²) in [4.78, 5) is 12.1. The van der Waals surface area contributed by atoms with Crippen LogP contribution < -0.4 is 14.4 Å². The number of carbonyl (C=O) groups excluding carboxylic acids is 1. The van der Waals surface area contributed by atoms with E-state index in [1.807, 2.05) is 61.5 Å². The number of ether oxygens (including phenoxy) is 1. The number of sulfonamides is 1. The molecule has 0 spiro atoms. The maximum Gasteiger partial charge on any atom is 0.232 e. The lowest BCUT2D eigenvalue weighted by molar-refractivity contribution is -0.121. The summed E-state index contributed by atoms with van der Waals surface area (Å²) in [5.41, 5.74) is 1.67. The molecule has 7 heteroatoms. The van der Waals surface area contributed by atoms with Crippen molar-refractivity contribution in [1.29, 1.82) is 0 Å². The maximum absolute atomic E-state index is 12.1. The van der Waals surface area contributed by atoms with E-state index in [4.69, 9.17) is 4.74 Å². The number of carbonyl (C=O) groups is 1. The topological polar surface area (TPSA) is 75.7 Å². The Morgan fingerprint density at radius 3 is 2.42 bits per heavy atom. The molecule has 0 aromatic heterocycles. The molecule has 0 saturated carbocycles. The molecule has 0 saturated heterocycles. The van der Waals surface area contributed by atoms with E-state index in [1.54, 1.807) is 12.1 Å². The van der Waals surface area contributed by atoms with Crippen molar-refractivity contribution in [3.63, 3.8) is 0 Å². The van der Waals surface area contributed by atoms with E-state index < -0.39 is 10.0 Å². The zero-order valence-corrected chi connectivity index (χ0v) is 18.7. The van der Waals surface area contributed by atoms with Crippen LogP contribution in [0.4, 0.5) is 5.69 Å². The minimum Gasteiger partial charge on any atom is -0.492 e. The van der Waals surface area contributed by atoms with Crippen LogP contribution in [0.5, 0.6) is 5.75 Å². The summed E-state index contributed by atoms with van der Waals surface area (Å²) in [5, 5.41) is 5.07. The summed E-state index contributed by atoms with van der Waals surface area (Å²) in [7, 11) is -3.41. The van der Waals surface area contributed by atoms with Crippen LogP contribution in [-0.4, -0.2) is 40.3 Å². The number of hydrogen-bond donors (Lipinski definition) is 1. The van der Waals surface area contributed by atoms with Crippen molar-refractivity contribution < 1.29 is 17.9 Å². The standard InChI is InChI=1S/C24H28N2O4S/c1-19-9-12-22(13-10-19)26(31(2,28)29)16-5-8-24(27)25-15-17-30-23-14-11-20-6-3-4-7-21(20)18-23/h3-4,6-7,9-14,18H,5,8,15-17H2,1-2H3,(H,25,27). The molecule has 0 aliphatic rings. The maximum atomic E-state index is 12.1. The highest BCUT2D eigenvalue weighted by atomic mass is 32.2. The van der Waals surface area contributed by atoms with E-state index in [0.717, 1.165) is 22.1 Å². The van der Waals surface area contributed by atoms with E-state index in [2.05, 4.69) is 5.32 Å². The number of nitrogens with one attached hydrogen (secondary N) is 1.